The third-order valence-corrected chi connectivity index (χ3v) is 9.53. The number of hydrogen-bond donors (Lipinski definition) is 0. The van der Waals surface area contributed by atoms with Crippen molar-refractivity contribution < 1.29 is 0 Å². The summed E-state index contributed by atoms with van der Waals surface area (Å²) in [5, 5.41) is 4.98. The molecule has 0 aliphatic heterocycles. The SMILES string of the molecule is C=C(/C=C(\N=C(/C)c1ccc(-c2cccc3ccccc23)cc1)c1ccc(-c2cccnc2)cc1)c1ccc(-c2cccc3ccccc23)cc1. The number of nitrogens with zero attached hydrogens (tertiary/aromatic N) is 2. The molecule has 0 unspecified atom stereocenters. The fraction of sp³-hybridized carbons (Fsp3) is 0.0204. The van der Waals surface area contributed by atoms with E-state index >= 15 is 0 Å². The highest BCUT2D eigenvalue weighted by molar-refractivity contribution is 6.04. The first kappa shape index (κ1) is 31.6. The van der Waals surface area contributed by atoms with Gasteiger partial charge in [-0.05, 0) is 90.7 Å². The number of hydrogen-bond acceptors (Lipinski definition) is 2. The van der Waals surface area contributed by atoms with Gasteiger partial charge < -0.3 is 0 Å². The van der Waals surface area contributed by atoms with Crippen molar-refractivity contribution in [2.24, 2.45) is 4.99 Å². The van der Waals surface area contributed by atoms with Gasteiger partial charge in [-0.3, -0.25) is 9.98 Å². The minimum absolute atomic E-state index is 0.853. The van der Waals surface area contributed by atoms with E-state index in [1.807, 2.05) is 12.3 Å². The molecule has 0 aliphatic rings. The maximum absolute atomic E-state index is 5.24. The van der Waals surface area contributed by atoms with E-state index in [-0.39, 0.29) is 0 Å². The predicted molar refractivity (Wildman–Crippen MR) is 218 cm³/mol. The van der Waals surface area contributed by atoms with Crippen LogP contribution in [0.15, 0.2) is 200 Å². The number of aliphatic imine (C=N–C) groups is 1. The van der Waals surface area contributed by atoms with E-state index in [2.05, 4.69) is 188 Å². The molecule has 0 spiro atoms. The highest BCUT2D eigenvalue weighted by Crippen LogP contribution is 2.32. The molecule has 2 heteroatoms. The summed E-state index contributed by atoms with van der Waals surface area (Å²) in [4.78, 5) is 9.54. The summed E-state index contributed by atoms with van der Waals surface area (Å²) in [7, 11) is 0. The van der Waals surface area contributed by atoms with Crippen molar-refractivity contribution in [3.63, 3.8) is 0 Å². The minimum Gasteiger partial charge on any atom is -0.264 e. The normalized spacial score (nSPS) is 11.9. The number of aromatic nitrogens is 1. The third-order valence-electron chi connectivity index (χ3n) is 9.53. The summed E-state index contributed by atoms with van der Waals surface area (Å²) in [5.74, 6) is 0. The topological polar surface area (TPSA) is 25.2 Å². The molecule has 1 heterocycles. The summed E-state index contributed by atoms with van der Waals surface area (Å²) < 4.78 is 0. The van der Waals surface area contributed by atoms with Gasteiger partial charge in [0, 0.05) is 23.7 Å². The molecule has 0 fully saturated rings. The lowest BCUT2D eigenvalue weighted by Gasteiger charge is -2.11. The van der Waals surface area contributed by atoms with Gasteiger partial charge in [0.25, 0.3) is 0 Å². The van der Waals surface area contributed by atoms with Crippen LogP contribution in [0.1, 0.15) is 23.6 Å². The number of allylic oxidation sites excluding steroid dienone is 2. The van der Waals surface area contributed by atoms with Gasteiger partial charge in [0.2, 0.25) is 0 Å². The van der Waals surface area contributed by atoms with E-state index < -0.39 is 0 Å². The zero-order chi connectivity index (χ0) is 34.6. The van der Waals surface area contributed by atoms with Crippen LogP contribution in [0.5, 0.6) is 0 Å². The molecule has 0 radical (unpaired) electrons. The van der Waals surface area contributed by atoms with Gasteiger partial charge in [0.1, 0.15) is 0 Å². The van der Waals surface area contributed by atoms with Gasteiger partial charge >= 0.3 is 0 Å². The second-order valence-corrected chi connectivity index (χ2v) is 12.8. The second kappa shape index (κ2) is 14.1. The Kier molecular flexibility index (Phi) is 8.72. The quantitative estimate of drug-likeness (QED) is 0.118. The van der Waals surface area contributed by atoms with Crippen LogP contribution < -0.4 is 0 Å². The van der Waals surface area contributed by atoms with Gasteiger partial charge in [-0.15, -0.1) is 0 Å². The van der Waals surface area contributed by atoms with Gasteiger partial charge in [-0.1, -0.05) is 170 Å². The van der Waals surface area contributed by atoms with E-state index in [9.17, 15) is 0 Å². The van der Waals surface area contributed by atoms with Crippen molar-refractivity contribution in [1.29, 1.82) is 0 Å². The minimum atomic E-state index is 0.853. The smallest absolute Gasteiger partial charge is 0.0711 e. The van der Waals surface area contributed by atoms with Crippen molar-refractivity contribution in [2.45, 2.75) is 6.92 Å². The Morgan fingerprint density at radius 3 is 1.57 bits per heavy atom. The van der Waals surface area contributed by atoms with Crippen molar-refractivity contribution in [3.8, 4) is 33.4 Å². The Morgan fingerprint density at radius 2 is 1.00 bits per heavy atom. The van der Waals surface area contributed by atoms with Crippen LogP contribution in [-0.2, 0) is 0 Å². The summed E-state index contributed by atoms with van der Waals surface area (Å²) in [6.45, 7) is 6.58. The van der Waals surface area contributed by atoms with E-state index in [0.29, 0.717) is 0 Å². The fourth-order valence-electron chi connectivity index (χ4n) is 6.75. The first-order valence-corrected chi connectivity index (χ1v) is 17.2. The summed E-state index contributed by atoms with van der Waals surface area (Å²) in [6.07, 6.45) is 5.78. The molecule has 0 saturated carbocycles. The zero-order valence-corrected chi connectivity index (χ0v) is 28.5. The molecular formula is C49H36N2. The largest absolute Gasteiger partial charge is 0.264 e. The number of fused-ring (bicyclic) bond motifs is 2. The van der Waals surface area contributed by atoms with Crippen LogP contribution in [0.25, 0.3) is 66.2 Å². The van der Waals surface area contributed by atoms with Crippen LogP contribution in [0.2, 0.25) is 0 Å². The average Bonchev–Trinajstić information content (AvgIpc) is 3.20. The third kappa shape index (κ3) is 6.68. The van der Waals surface area contributed by atoms with Crippen molar-refractivity contribution in [3.05, 3.63) is 212 Å². The second-order valence-electron chi connectivity index (χ2n) is 12.8. The van der Waals surface area contributed by atoms with Gasteiger partial charge in [0.15, 0.2) is 0 Å². The monoisotopic (exact) mass is 652 g/mol. The Bertz CT molecular complexity index is 2550. The first-order valence-electron chi connectivity index (χ1n) is 17.2. The van der Waals surface area contributed by atoms with Crippen LogP contribution in [0.4, 0.5) is 0 Å². The Balaban J connectivity index is 1.13. The van der Waals surface area contributed by atoms with E-state index in [1.165, 1.54) is 43.8 Å². The van der Waals surface area contributed by atoms with Gasteiger partial charge in [-0.2, -0.15) is 0 Å². The molecule has 7 aromatic carbocycles. The first-order chi connectivity index (χ1) is 25.1. The highest BCUT2D eigenvalue weighted by Gasteiger charge is 2.10. The Labute approximate surface area is 299 Å². The van der Waals surface area contributed by atoms with E-state index in [0.717, 1.165) is 44.8 Å². The summed E-state index contributed by atoms with van der Waals surface area (Å²) in [5.41, 5.74) is 12.8. The van der Waals surface area contributed by atoms with E-state index in [4.69, 9.17) is 4.99 Å². The molecule has 0 saturated heterocycles. The number of rotatable bonds is 8. The maximum Gasteiger partial charge on any atom is 0.0711 e. The van der Waals surface area contributed by atoms with Gasteiger partial charge in [-0.25, -0.2) is 0 Å². The molecular weight excluding hydrogens is 617 g/mol. The van der Waals surface area contributed by atoms with Crippen molar-refractivity contribution >= 4 is 38.5 Å². The van der Waals surface area contributed by atoms with Gasteiger partial charge in [0.05, 0.1) is 5.70 Å². The molecule has 0 bridgehead atoms. The maximum atomic E-state index is 5.24. The molecule has 1 aromatic heterocycles. The lowest BCUT2D eigenvalue weighted by molar-refractivity contribution is 1.33. The Morgan fingerprint density at radius 1 is 0.490 bits per heavy atom. The molecule has 2 nitrogen and oxygen atoms in total. The van der Waals surface area contributed by atoms with Crippen LogP contribution in [0, 0.1) is 0 Å². The molecule has 8 rings (SSSR count). The molecule has 242 valence electrons. The predicted octanol–water partition coefficient (Wildman–Crippen LogP) is 13.0. The zero-order valence-electron chi connectivity index (χ0n) is 28.5. The number of benzene rings is 7. The summed E-state index contributed by atoms with van der Waals surface area (Å²) in [6, 6.07) is 60.0. The van der Waals surface area contributed by atoms with Crippen LogP contribution >= 0.6 is 0 Å². The average molecular weight is 653 g/mol. The van der Waals surface area contributed by atoms with Crippen molar-refractivity contribution in [2.75, 3.05) is 0 Å². The van der Waals surface area contributed by atoms with Crippen molar-refractivity contribution in [1.82, 2.24) is 4.98 Å². The van der Waals surface area contributed by atoms with E-state index in [1.54, 1.807) is 6.20 Å². The highest BCUT2D eigenvalue weighted by atomic mass is 14.8. The molecule has 0 aliphatic carbocycles. The molecule has 0 atom stereocenters. The lowest BCUT2D eigenvalue weighted by atomic mass is 9.96. The Hall–Kier alpha value is -6.64. The molecule has 8 aromatic rings. The standard InChI is InChI=1S/C49H36N2/c1-34(36-19-25-41(26-20-36)47-17-7-12-39-10-3-5-15-45(39)47)32-49(43-29-23-38(24-30-43)44-14-9-31-50-33-44)51-35(2)37-21-27-42(28-22-37)48-18-8-13-40-11-4-6-16-46(40)48/h3-33H,1H2,2H3/b49-32-,51-35+. The molecule has 0 amide bonds. The summed E-state index contributed by atoms with van der Waals surface area (Å²) >= 11 is 0. The van der Waals surface area contributed by atoms with Crippen LogP contribution in [-0.4, -0.2) is 10.7 Å². The van der Waals surface area contributed by atoms with Crippen LogP contribution in [0.3, 0.4) is 0 Å². The molecule has 51 heavy (non-hydrogen) atoms. The fourth-order valence-corrected chi connectivity index (χ4v) is 6.75. The molecule has 0 N–H and O–H groups in total. The lowest BCUT2D eigenvalue weighted by Crippen LogP contribution is -1.96. The number of pyridine rings is 1.